The molecule has 1 amide bonds. The molecular weight excluding hydrogens is 310 g/mol. The van der Waals surface area contributed by atoms with Crippen LogP contribution in [0.2, 0.25) is 0 Å². The van der Waals surface area contributed by atoms with Gasteiger partial charge in [0, 0.05) is 18.3 Å². The van der Waals surface area contributed by atoms with E-state index in [9.17, 15) is 14.4 Å². The first-order valence-corrected chi connectivity index (χ1v) is 7.62. The number of aromatic nitrogens is 2. The Morgan fingerprint density at radius 3 is 2.67 bits per heavy atom. The third kappa shape index (κ3) is 4.52. The van der Waals surface area contributed by atoms with E-state index in [1.807, 2.05) is 26.0 Å². The van der Waals surface area contributed by atoms with Crippen molar-refractivity contribution in [3.8, 4) is 0 Å². The molecule has 1 heterocycles. The molecule has 0 bridgehead atoms. The monoisotopic (exact) mass is 329 g/mol. The predicted molar refractivity (Wildman–Crippen MR) is 88.9 cm³/mol. The van der Waals surface area contributed by atoms with Crippen LogP contribution >= 0.6 is 0 Å². The minimum absolute atomic E-state index is 0.00765. The first-order chi connectivity index (χ1) is 11.5. The van der Waals surface area contributed by atoms with Crippen molar-refractivity contribution in [2.75, 3.05) is 11.9 Å². The zero-order chi connectivity index (χ0) is 17.5. The Labute approximate surface area is 139 Å². The first-order valence-electron chi connectivity index (χ1n) is 7.62. The Morgan fingerprint density at radius 2 is 1.96 bits per heavy atom. The predicted octanol–water partition coefficient (Wildman–Crippen LogP) is 1.76. The first kappa shape index (κ1) is 17.4. The van der Waals surface area contributed by atoms with Gasteiger partial charge in [-0.15, -0.1) is 0 Å². The number of amides is 1. The number of hydrogen-bond donors (Lipinski definition) is 1. The van der Waals surface area contributed by atoms with E-state index in [0.717, 1.165) is 5.56 Å². The number of nitrogens with zero attached hydrogens (tertiary/aromatic N) is 2. The molecule has 1 aromatic heterocycles. The number of carbonyl (C=O) groups is 2. The highest BCUT2D eigenvalue weighted by Crippen LogP contribution is 2.12. The molecule has 0 spiro atoms. The van der Waals surface area contributed by atoms with Gasteiger partial charge < -0.3 is 10.1 Å². The lowest BCUT2D eigenvalue weighted by molar-refractivity contribution is -0.119. The van der Waals surface area contributed by atoms with Crippen molar-refractivity contribution in [3.05, 3.63) is 58.0 Å². The quantitative estimate of drug-likeness (QED) is 0.816. The molecule has 0 fully saturated rings. The number of anilines is 1. The molecule has 0 aliphatic carbocycles. The van der Waals surface area contributed by atoms with Crippen LogP contribution in [0.4, 0.5) is 5.69 Å². The highest BCUT2D eigenvalue weighted by atomic mass is 16.5. The van der Waals surface area contributed by atoms with E-state index >= 15 is 0 Å². The van der Waals surface area contributed by atoms with Gasteiger partial charge in [-0.3, -0.25) is 9.59 Å². The van der Waals surface area contributed by atoms with Gasteiger partial charge in [0.15, 0.2) is 12.3 Å². The standard InChI is InChI=1S/C17H19N3O4/c1-3-10-20-16(22)9-8-14(19-20)17(23)24-11-15(21)18-13-7-5-4-6-12(13)2/h4-9H,3,10-11H2,1-2H3,(H,18,21). The molecule has 126 valence electrons. The number of hydrogen-bond acceptors (Lipinski definition) is 5. The summed E-state index contributed by atoms with van der Waals surface area (Å²) in [5.41, 5.74) is 1.27. The van der Waals surface area contributed by atoms with Gasteiger partial charge >= 0.3 is 5.97 Å². The molecule has 0 radical (unpaired) electrons. The maximum Gasteiger partial charge on any atom is 0.359 e. The fourth-order valence-corrected chi connectivity index (χ4v) is 2.03. The van der Waals surface area contributed by atoms with Gasteiger partial charge in [-0.05, 0) is 31.0 Å². The number of nitrogens with one attached hydrogen (secondary N) is 1. The summed E-state index contributed by atoms with van der Waals surface area (Å²) < 4.78 is 6.14. The van der Waals surface area contributed by atoms with Crippen molar-refractivity contribution in [1.29, 1.82) is 0 Å². The average molecular weight is 329 g/mol. The van der Waals surface area contributed by atoms with Gasteiger partial charge in [0.25, 0.3) is 11.5 Å². The normalized spacial score (nSPS) is 10.2. The molecule has 1 N–H and O–H groups in total. The van der Waals surface area contributed by atoms with Crippen molar-refractivity contribution >= 4 is 17.6 Å². The van der Waals surface area contributed by atoms with Crippen LogP contribution in [0.3, 0.4) is 0 Å². The van der Waals surface area contributed by atoms with Crippen molar-refractivity contribution in [1.82, 2.24) is 9.78 Å². The molecule has 0 saturated carbocycles. The molecule has 24 heavy (non-hydrogen) atoms. The Kier molecular flexibility index (Phi) is 5.83. The number of aryl methyl sites for hydroxylation is 2. The van der Waals surface area contributed by atoms with Crippen LogP contribution in [-0.4, -0.2) is 28.3 Å². The number of rotatable bonds is 6. The van der Waals surface area contributed by atoms with Crippen molar-refractivity contribution < 1.29 is 14.3 Å². The summed E-state index contributed by atoms with van der Waals surface area (Å²) in [5.74, 6) is -1.20. The molecular formula is C17H19N3O4. The lowest BCUT2D eigenvalue weighted by Crippen LogP contribution is -2.26. The number of benzene rings is 1. The largest absolute Gasteiger partial charge is 0.451 e. The minimum Gasteiger partial charge on any atom is -0.451 e. The van der Waals surface area contributed by atoms with Crippen LogP contribution in [0, 0.1) is 6.92 Å². The summed E-state index contributed by atoms with van der Waals surface area (Å²) in [6.45, 7) is 3.74. The fourth-order valence-electron chi connectivity index (χ4n) is 2.03. The summed E-state index contributed by atoms with van der Waals surface area (Å²) in [6.07, 6.45) is 0.713. The van der Waals surface area contributed by atoms with E-state index in [-0.39, 0.29) is 11.3 Å². The second kappa shape index (κ2) is 8.05. The summed E-state index contributed by atoms with van der Waals surface area (Å²) in [5, 5.41) is 6.60. The zero-order valence-corrected chi connectivity index (χ0v) is 13.6. The zero-order valence-electron chi connectivity index (χ0n) is 13.6. The Morgan fingerprint density at radius 1 is 1.21 bits per heavy atom. The highest BCUT2D eigenvalue weighted by Gasteiger charge is 2.13. The van der Waals surface area contributed by atoms with Crippen LogP contribution < -0.4 is 10.9 Å². The van der Waals surface area contributed by atoms with E-state index in [2.05, 4.69) is 10.4 Å². The lowest BCUT2D eigenvalue weighted by atomic mass is 10.2. The highest BCUT2D eigenvalue weighted by molar-refractivity contribution is 5.95. The maximum absolute atomic E-state index is 12.0. The Balaban J connectivity index is 1.95. The second-order valence-electron chi connectivity index (χ2n) is 5.22. The summed E-state index contributed by atoms with van der Waals surface area (Å²) in [4.78, 5) is 35.4. The van der Waals surface area contributed by atoms with E-state index in [1.165, 1.54) is 16.8 Å². The third-order valence-electron chi connectivity index (χ3n) is 3.26. The Hall–Kier alpha value is -2.96. The van der Waals surface area contributed by atoms with E-state index in [1.54, 1.807) is 12.1 Å². The van der Waals surface area contributed by atoms with Crippen molar-refractivity contribution in [2.45, 2.75) is 26.8 Å². The van der Waals surface area contributed by atoms with Gasteiger partial charge in [0.05, 0.1) is 0 Å². The van der Waals surface area contributed by atoms with E-state index < -0.39 is 18.5 Å². The van der Waals surface area contributed by atoms with Crippen LogP contribution in [0.15, 0.2) is 41.2 Å². The summed E-state index contributed by atoms with van der Waals surface area (Å²) in [6, 6.07) is 9.83. The van der Waals surface area contributed by atoms with Gasteiger partial charge in [-0.2, -0.15) is 5.10 Å². The number of ether oxygens (including phenoxy) is 1. The van der Waals surface area contributed by atoms with Gasteiger partial charge in [0.2, 0.25) is 0 Å². The minimum atomic E-state index is -0.750. The van der Waals surface area contributed by atoms with Crippen molar-refractivity contribution in [3.63, 3.8) is 0 Å². The molecule has 0 unspecified atom stereocenters. The van der Waals surface area contributed by atoms with Gasteiger partial charge in [-0.25, -0.2) is 9.48 Å². The van der Waals surface area contributed by atoms with Gasteiger partial charge in [0.1, 0.15) is 0 Å². The van der Waals surface area contributed by atoms with Crippen LogP contribution in [-0.2, 0) is 16.1 Å². The molecule has 1 aromatic carbocycles. The van der Waals surface area contributed by atoms with Crippen LogP contribution in [0.1, 0.15) is 29.4 Å². The van der Waals surface area contributed by atoms with Crippen LogP contribution in [0.5, 0.6) is 0 Å². The average Bonchev–Trinajstić information content (AvgIpc) is 2.57. The third-order valence-corrected chi connectivity index (χ3v) is 3.26. The molecule has 2 rings (SSSR count). The molecule has 7 nitrogen and oxygen atoms in total. The van der Waals surface area contributed by atoms with E-state index in [4.69, 9.17) is 4.74 Å². The molecule has 7 heteroatoms. The molecule has 0 saturated heterocycles. The van der Waals surface area contributed by atoms with Crippen molar-refractivity contribution in [2.24, 2.45) is 0 Å². The molecule has 0 atom stereocenters. The second-order valence-corrected chi connectivity index (χ2v) is 5.22. The molecule has 0 aliphatic rings. The number of para-hydroxylation sites is 1. The molecule has 2 aromatic rings. The van der Waals surface area contributed by atoms with Crippen LogP contribution in [0.25, 0.3) is 0 Å². The summed E-state index contributed by atoms with van der Waals surface area (Å²) in [7, 11) is 0. The van der Waals surface area contributed by atoms with Gasteiger partial charge in [-0.1, -0.05) is 25.1 Å². The number of carbonyl (C=O) groups excluding carboxylic acids is 2. The maximum atomic E-state index is 12.0. The van der Waals surface area contributed by atoms with E-state index in [0.29, 0.717) is 18.7 Å². The fraction of sp³-hybridized carbons (Fsp3) is 0.294. The SMILES string of the molecule is CCCn1nc(C(=O)OCC(=O)Nc2ccccc2C)ccc1=O. The Bertz CT molecular complexity index is 798. The topological polar surface area (TPSA) is 90.3 Å². The summed E-state index contributed by atoms with van der Waals surface area (Å²) >= 11 is 0. The smallest absolute Gasteiger partial charge is 0.359 e. The number of esters is 1. The lowest BCUT2D eigenvalue weighted by Gasteiger charge is -2.09. The molecule has 0 aliphatic heterocycles.